The first kappa shape index (κ1) is 16.3. The Hall–Kier alpha value is -0.730. The van der Waals surface area contributed by atoms with Crippen LogP contribution in [0, 0.1) is 0 Å². The molecular weight excluding hydrogens is 295 g/mol. The molecule has 1 atom stereocenters. The van der Waals surface area contributed by atoms with Crippen molar-refractivity contribution in [2.45, 2.75) is 11.8 Å². The summed E-state index contributed by atoms with van der Waals surface area (Å²) < 4.78 is 17.0. The van der Waals surface area contributed by atoms with Crippen molar-refractivity contribution in [2.24, 2.45) is 0 Å². The minimum atomic E-state index is -1.60. The van der Waals surface area contributed by atoms with Crippen LogP contribution in [0.25, 0.3) is 0 Å². The quantitative estimate of drug-likeness (QED) is 0.870. The maximum atomic E-state index is 11.8. The Balaban J connectivity index is 0.00000180. The summed E-state index contributed by atoms with van der Waals surface area (Å²) in [5.41, 5.74) is 0. The van der Waals surface area contributed by atoms with Gasteiger partial charge in [0.25, 0.3) is 0 Å². The summed E-state index contributed by atoms with van der Waals surface area (Å²) in [6.45, 7) is 1.39. The van der Waals surface area contributed by atoms with Gasteiger partial charge in [0.05, 0.1) is 10.3 Å². The van der Waals surface area contributed by atoms with Gasteiger partial charge in [0, 0.05) is 6.92 Å². The third kappa shape index (κ3) is 5.04. The number of thiazole rings is 1. The van der Waals surface area contributed by atoms with Crippen LogP contribution in [-0.4, -0.2) is 44.7 Å². The summed E-state index contributed by atoms with van der Waals surface area (Å²) in [6.07, 6.45) is 0. The van der Waals surface area contributed by atoms with E-state index in [1.54, 1.807) is 29.6 Å². The van der Waals surface area contributed by atoms with Gasteiger partial charge in [0.1, 0.15) is 0 Å². The van der Waals surface area contributed by atoms with Crippen molar-refractivity contribution >= 4 is 63.0 Å². The van der Waals surface area contributed by atoms with Crippen LogP contribution in [0.3, 0.4) is 0 Å². The van der Waals surface area contributed by atoms with Gasteiger partial charge in [-0.2, -0.15) is 4.98 Å². The number of rotatable bonds is 4. The van der Waals surface area contributed by atoms with E-state index in [2.05, 4.69) is 10.3 Å². The molecule has 1 N–H and O–H groups in total. The Morgan fingerprint density at radius 3 is 2.68 bits per heavy atom. The van der Waals surface area contributed by atoms with Crippen LogP contribution in [-0.2, 0) is 15.9 Å². The number of amides is 1. The molecule has 8 heteroatoms. The molecular formula is C11H11N2NaO3S2. The molecule has 0 aliphatic heterocycles. The summed E-state index contributed by atoms with van der Waals surface area (Å²) in [4.78, 5) is 15.4. The predicted molar refractivity (Wildman–Crippen MR) is 77.0 cm³/mol. The second kappa shape index (κ2) is 7.76. The summed E-state index contributed by atoms with van der Waals surface area (Å²) in [7, 11) is 0. The van der Waals surface area contributed by atoms with Crippen molar-refractivity contribution in [3.8, 4) is 5.88 Å². The van der Waals surface area contributed by atoms with Gasteiger partial charge in [-0.25, -0.2) is 4.21 Å². The van der Waals surface area contributed by atoms with Crippen molar-refractivity contribution in [2.75, 3.05) is 5.32 Å². The molecule has 0 aliphatic carbocycles. The Labute approximate surface area is 139 Å². The van der Waals surface area contributed by atoms with Gasteiger partial charge in [-0.1, -0.05) is 18.2 Å². The molecule has 1 unspecified atom stereocenters. The first-order valence-corrected chi connectivity index (χ1v) is 6.99. The third-order valence-corrected chi connectivity index (χ3v) is 3.58. The van der Waals surface area contributed by atoms with Crippen molar-refractivity contribution in [1.82, 2.24) is 4.98 Å². The fourth-order valence-electron chi connectivity index (χ4n) is 1.16. The summed E-state index contributed by atoms with van der Waals surface area (Å²) in [5.74, 6) is 0.0195. The number of nitrogens with one attached hydrogen (secondary N) is 1. The topological polar surface area (TPSA) is 68.3 Å². The van der Waals surface area contributed by atoms with Crippen LogP contribution in [0.15, 0.2) is 40.6 Å². The van der Waals surface area contributed by atoms with E-state index in [9.17, 15) is 9.00 Å². The molecule has 1 aromatic carbocycles. The molecule has 1 amide bonds. The van der Waals surface area contributed by atoms with E-state index in [0.717, 1.165) is 0 Å². The van der Waals surface area contributed by atoms with Crippen molar-refractivity contribution in [3.63, 3.8) is 0 Å². The molecule has 0 saturated heterocycles. The number of aromatic nitrogens is 1. The van der Waals surface area contributed by atoms with Crippen molar-refractivity contribution in [1.29, 1.82) is 0 Å². The van der Waals surface area contributed by atoms with Gasteiger partial charge in [0.2, 0.25) is 22.9 Å². The molecule has 0 bridgehead atoms. The molecule has 0 aliphatic rings. The van der Waals surface area contributed by atoms with E-state index in [1.807, 2.05) is 6.07 Å². The fourth-order valence-corrected chi connectivity index (χ4v) is 2.60. The predicted octanol–water partition coefficient (Wildman–Crippen LogP) is 1.55. The van der Waals surface area contributed by atoms with Gasteiger partial charge in [-0.3, -0.25) is 4.79 Å². The van der Waals surface area contributed by atoms with Crippen LogP contribution in [0.1, 0.15) is 6.92 Å². The Bertz CT molecular complexity index is 574. The van der Waals surface area contributed by atoms with E-state index in [0.29, 0.717) is 10.0 Å². The average Bonchev–Trinajstić information content (AvgIpc) is 2.76. The zero-order valence-electron chi connectivity index (χ0n) is 9.45. The van der Waals surface area contributed by atoms with Gasteiger partial charge < -0.3 is 9.50 Å². The molecule has 2 rings (SSSR count). The second-order valence-corrected chi connectivity index (χ2v) is 5.27. The zero-order valence-corrected chi connectivity index (χ0v) is 11.1. The number of benzene rings is 1. The molecule has 19 heavy (non-hydrogen) atoms. The summed E-state index contributed by atoms with van der Waals surface area (Å²) in [6, 6.07) is 8.80. The molecule has 0 fully saturated rings. The standard InChI is InChI=1S/C11H10N2O3S2.Na.H/c1-8(14)12-11-13-10(7-17-11)16-18(15)9-5-3-2-4-6-9;;/h2-7H,1H3,(H,12,13,14);;. The number of hydrogen-bond acceptors (Lipinski definition) is 5. The van der Waals surface area contributed by atoms with Gasteiger partial charge in [-0.05, 0) is 12.1 Å². The molecule has 1 heterocycles. The number of anilines is 1. The zero-order chi connectivity index (χ0) is 13.0. The van der Waals surface area contributed by atoms with E-state index in [1.165, 1.54) is 18.3 Å². The van der Waals surface area contributed by atoms with Crippen molar-refractivity contribution in [3.05, 3.63) is 35.7 Å². The minimum absolute atomic E-state index is 0. The molecule has 0 radical (unpaired) electrons. The molecule has 96 valence electrons. The van der Waals surface area contributed by atoms with E-state index in [-0.39, 0.29) is 41.3 Å². The van der Waals surface area contributed by atoms with E-state index in [4.69, 9.17) is 4.18 Å². The van der Waals surface area contributed by atoms with Gasteiger partial charge in [0.15, 0.2) is 5.13 Å². The molecule has 5 nitrogen and oxygen atoms in total. The van der Waals surface area contributed by atoms with Crippen LogP contribution >= 0.6 is 11.3 Å². The Morgan fingerprint density at radius 2 is 2.05 bits per heavy atom. The number of nitrogens with zero attached hydrogens (tertiary/aromatic N) is 1. The third-order valence-electron chi connectivity index (χ3n) is 1.86. The first-order chi connectivity index (χ1) is 8.65. The number of carbonyl (C=O) groups excluding carboxylic acids is 1. The Kier molecular flexibility index (Phi) is 6.67. The summed E-state index contributed by atoms with van der Waals surface area (Å²) >= 11 is -0.390. The molecule has 0 saturated carbocycles. The van der Waals surface area contributed by atoms with Gasteiger partial charge >= 0.3 is 29.6 Å². The van der Waals surface area contributed by atoms with Crippen molar-refractivity contribution < 1.29 is 13.2 Å². The van der Waals surface area contributed by atoms with Crippen LogP contribution < -0.4 is 9.50 Å². The van der Waals surface area contributed by atoms with Crippen LogP contribution in [0.2, 0.25) is 0 Å². The van der Waals surface area contributed by atoms with E-state index >= 15 is 0 Å². The van der Waals surface area contributed by atoms with Gasteiger partial charge in [-0.15, -0.1) is 11.3 Å². The maximum absolute atomic E-state index is 11.8. The number of hydrogen-bond donors (Lipinski definition) is 1. The molecule has 2 aromatic rings. The fraction of sp³-hybridized carbons (Fsp3) is 0.0909. The normalized spacial score (nSPS) is 11.2. The average molecular weight is 306 g/mol. The first-order valence-electron chi connectivity index (χ1n) is 5.03. The van der Waals surface area contributed by atoms with Crippen LogP contribution in [0.5, 0.6) is 5.88 Å². The monoisotopic (exact) mass is 306 g/mol. The second-order valence-electron chi connectivity index (χ2n) is 3.30. The SMILES string of the molecule is CC(=O)Nc1nc(OS(=O)c2ccccc2)cs1.[NaH]. The molecule has 0 spiro atoms. The Morgan fingerprint density at radius 1 is 1.37 bits per heavy atom. The summed E-state index contributed by atoms with van der Waals surface area (Å²) in [5, 5.41) is 4.54. The van der Waals surface area contributed by atoms with E-state index < -0.39 is 11.1 Å². The van der Waals surface area contributed by atoms with Crippen LogP contribution in [0.4, 0.5) is 5.13 Å². The molecule has 1 aromatic heterocycles. The number of carbonyl (C=O) groups is 1.